The molecule has 0 aliphatic rings. The summed E-state index contributed by atoms with van der Waals surface area (Å²) < 4.78 is 4.75. The number of carbonyl (C=O) groups excluding carboxylic acids is 2. The van der Waals surface area contributed by atoms with Crippen molar-refractivity contribution in [2.45, 2.75) is 13.8 Å². The van der Waals surface area contributed by atoms with Crippen LogP contribution in [0.1, 0.15) is 23.0 Å². The Balaban J connectivity index is 1.80. The van der Waals surface area contributed by atoms with E-state index in [1.165, 1.54) is 14.0 Å². The average Bonchev–Trinajstić information content (AvgIpc) is 2.67. The highest BCUT2D eigenvalue weighted by Gasteiger charge is 2.08. The van der Waals surface area contributed by atoms with Crippen molar-refractivity contribution in [3.05, 3.63) is 65.9 Å². The van der Waals surface area contributed by atoms with Crippen LogP contribution in [0.5, 0.6) is 0 Å². The molecule has 0 saturated carbocycles. The fourth-order valence-electron chi connectivity index (χ4n) is 2.69. The molecule has 1 amide bonds. The second-order valence-electron chi connectivity index (χ2n) is 6.30. The molecule has 3 N–H and O–H groups in total. The number of esters is 1. The van der Waals surface area contributed by atoms with Crippen LogP contribution < -0.4 is 16.0 Å². The van der Waals surface area contributed by atoms with Gasteiger partial charge in [-0.05, 0) is 43.3 Å². The van der Waals surface area contributed by atoms with E-state index in [9.17, 15) is 9.59 Å². The van der Waals surface area contributed by atoms with Crippen LogP contribution in [0.2, 0.25) is 0 Å². The van der Waals surface area contributed by atoms with Crippen LogP contribution in [0, 0.1) is 6.92 Å². The lowest BCUT2D eigenvalue weighted by Gasteiger charge is -2.11. The number of ether oxygens (including phenoxy) is 1. The Labute approximate surface area is 168 Å². The highest BCUT2D eigenvalue weighted by molar-refractivity contribution is 5.90. The van der Waals surface area contributed by atoms with E-state index in [2.05, 4.69) is 25.9 Å². The molecular weight excluding hydrogens is 370 g/mol. The monoisotopic (exact) mass is 391 g/mol. The van der Waals surface area contributed by atoms with E-state index in [-0.39, 0.29) is 5.91 Å². The van der Waals surface area contributed by atoms with Crippen LogP contribution in [0.4, 0.5) is 28.8 Å². The Hall–Kier alpha value is -3.94. The average molecular weight is 391 g/mol. The number of hydrogen-bond donors (Lipinski definition) is 3. The number of aromatic nitrogens is 2. The number of nitrogens with one attached hydrogen (secondary N) is 3. The summed E-state index contributed by atoms with van der Waals surface area (Å²) >= 11 is 0. The van der Waals surface area contributed by atoms with Crippen molar-refractivity contribution < 1.29 is 14.3 Å². The first-order chi connectivity index (χ1) is 13.9. The van der Waals surface area contributed by atoms with Gasteiger partial charge in [0.1, 0.15) is 5.82 Å². The number of amides is 1. The number of rotatable bonds is 6. The topological polar surface area (TPSA) is 105 Å². The molecule has 0 atom stereocenters. The van der Waals surface area contributed by atoms with E-state index in [1.54, 1.807) is 36.4 Å². The lowest BCUT2D eigenvalue weighted by molar-refractivity contribution is -0.114. The summed E-state index contributed by atoms with van der Waals surface area (Å²) in [5.41, 5.74) is 3.31. The molecule has 3 aromatic rings. The third kappa shape index (κ3) is 5.52. The number of benzene rings is 2. The molecule has 0 aliphatic carbocycles. The van der Waals surface area contributed by atoms with Gasteiger partial charge in [-0.15, -0.1) is 0 Å². The Bertz CT molecular complexity index is 1050. The zero-order chi connectivity index (χ0) is 20.8. The highest BCUT2D eigenvalue weighted by Crippen LogP contribution is 2.22. The predicted octanol–water partition coefficient (Wildman–Crippen LogP) is 4.02. The Morgan fingerprint density at radius 2 is 1.59 bits per heavy atom. The molecule has 0 aliphatic heterocycles. The molecule has 8 heteroatoms. The summed E-state index contributed by atoms with van der Waals surface area (Å²) in [6.07, 6.45) is 0. The van der Waals surface area contributed by atoms with Crippen LogP contribution in [0.3, 0.4) is 0 Å². The van der Waals surface area contributed by atoms with Crippen LogP contribution in [0.25, 0.3) is 0 Å². The standard InChI is InChI=1S/C21H21N5O3/c1-13-10-19(24-16-7-4-6-15(11-16)20(28)29-3)26-21(22-13)25-18-9-5-8-17(12-18)23-14(2)27/h4-12H,1-3H3,(H,23,27)(H2,22,24,25,26). The molecule has 3 rings (SSSR count). The number of nitrogens with zero attached hydrogens (tertiary/aromatic N) is 2. The molecule has 1 aromatic heterocycles. The highest BCUT2D eigenvalue weighted by atomic mass is 16.5. The van der Waals surface area contributed by atoms with Gasteiger partial charge in [0.05, 0.1) is 12.7 Å². The van der Waals surface area contributed by atoms with E-state index in [0.29, 0.717) is 28.7 Å². The fourth-order valence-corrected chi connectivity index (χ4v) is 2.69. The first-order valence-corrected chi connectivity index (χ1v) is 8.89. The number of carbonyl (C=O) groups is 2. The SMILES string of the molecule is COC(=O)c1cccc(Nc2cc(C)nc(Nc3cccc(NC(C)=O)c3)n2)c1. The first kappa shape index (κ1) is 19.8. The second-order valence-corrected chi connectivity index (χ2v) is 6.30. The van der Waals surface area contributed by atoms with Gasteiger partial charge in [-0.3, -0.25) is 4.79 Å². The molecule has 0 radical (unpaired) electrons. The maximum Gasteiger partial charge on any atom is 0.337 e. The molecule has 148 valence electrons. The maximum atomic E-state index is 11.7. The van der Waals surface area contributed by atoms with Crippen LogP contribution >= 0.6 is 0 Å². The lowest BCUT2D eigenvalue weighted by atomic mass is 10.2. The van der Waals surface area contributed by atoms with Gasteiger partial charge in [-0.1, -0.05) is 12.1 Å². The Morgan fingerprint density at radius 1 is 0.897 bits per heavy atom. The van der Waals surface area contributed by atoms with Gasteiger partial charge >= 0.3 is 5.97 Å². The zero-order valence-electron chi connectivity index (χ0n) is 16.3. The van der Waals surface area contributed by atoms with Crippen molar-refractivity contribution in [2.75, 3.05) is 23.1 Å². The number of methoxy groups -OCH3 is 1. The van der Waals surface area contributed by atoms with Gasteiger partial charge < -0.3 is 20.7 Å². The number of hydrogen-bond acceptors (Lipinski definition) is 7. The molecular formula is C21H21N5O3. The van der Waals surface area contributed by atoms with Crippen LogP contribution in [0.15, 0.2) is 54.6 Å². The van der Waals surface area contributed by atoms with Crippen molar-refractivity contribution in [3.63, 3.8) is 0 Å². The van der Waals surface area contributed by atoms with Gasteiger partial charge in [-0.2, -0.15) is 4.98 Å². The molecule has 1 heterocycles. The second kappa shape index (κ2) is 8.83. The summed E-state index contributed by atoms with van der Waals surface area (Å²) in [4.78, 5) is 31.8. The van der Waals surface area contributed by atoms with Gasteiger partial charge in [-0.25, -0.2) is 9.78 Å². The maximum absolute atomic E-state index is 11.7. The van der Waals surface area contributed by atoms with E-state index in [4.69, 9.17) is 4.74 Å². The largest absolute Gasteiger partial charge is 0.465 e. The molecule has 29 heavy (non-hydrogen) atoms. The lowest BCUT2D eigenvalue weighted by Crippen LogP contribution is -2.06. The molecule has 0 fully saturated rings. The van der Waals surface area contributed by atoms with Crippen molar-refractivity contribution in [1.82, 2.24) is 9.97 Å². The molecule has 2 aromatic carbocycles. The summed E-state index contributed by atoms with van der Waals surface area (Å²) in [6.45, 7) is 3.31. The third-order valence-electron chi connectivity index (χ3n) is 3.85. The van der Waals surface area contributed by atoms with E-state index in [0.717, 1.165) is 11.4 Å². The normalized spacial score (nSPS) is 10.2. The minimum Gasteiger partial charge on any atom is -0.465 e. The summed E-state index contributed by atoms with van der Waals surface area (Å²) in [5, 5.41) is 9.04. The van der Waals surface area contributed by atoms with E-state index < -0.39 is 5.97 Å². The van der Waals surface area contributed by atoms with Crippen LogP contribution in [-0.2, 0) is 9.53 Å². The summed E-state index contributed by atoms with van der Waals surface area (Å²) in [5.74, 6) is 0.417. The molecule has 8 nitrogen and oxygen atoms in total. The van der Waals surface area contributed by atoms with Crippen molar-refractivity contribution in [2.24, 2.45) is 0 Å². The summed E-state index contributed by atoms with van der Waals surface area (Å²) in [6, 6.07) is 16.0. The molecule has 0 unspecified atom stereocenters. The Kier molecular flexibility index (Phi) is 6.03. The molecule has 0 bridgehead atoms. The minimum atomic E-state index is -0.408. The van der Waals surface area contributed by atoms with Gasteiger partial charge in [0.25, 0.3) is 0 Å². The predicted molar refractivity (Wildman–Crippen MR) is 112 cm³/mol. The zero-order valence-corrected chi connectivity index (χ0v) is 16.3. The van der Waals surface area contributed by atoms with Gasteiger partial charge in [0.15, 0.2) is 0 Å². The quantitative estimate of drug-likeness (QED) is 0.545. The van der Waals surface area contributed by atoms with Crippen LogP contribution in [-0.4, -0.2) is 29.0 Å². The number of anilines is 5. The van der Waals surface area contributed by atoms with Crippen molar-refractivity contribution in [3.8, 4) is 0 Å². The summed E-state index contributed by atoms with van der Waals surface area (Å²) in [7, 11) is 1.34. The number of aryl methyl sites for hydroxylation is 1. The van der Waals surface area contributed by atoms with Crippen molar-refractivity contribution >= 4 is 40.7 Å². The third-order valence-corrected chi connectivity index (χ3v) is 3.85. The van der Waals surface area contributed by atoms with Gasteiger partial charge in [0, 0.05) is 35.7 Å². The van der Waals surface area contributed by atoms with E-state index in [1.807, 2.05) is 25.1 Å². The fraction of sp³-hybridized carbons (Fsp3) is 0.143. The first-order valence-electron chi connectivity index (χ1n) is 8.89. The molecule has 0 saturated heterocycles. The molecule has 0 spiro atoms. The Morgan fingerprint density at radius 3 is 2.31 bits per heavy atom. The van der Waals surface area contributed by atoms with Gasteiger partial charge in [0.2, 0.25) is 11.9 Å². The minimum absolute atomic E-state index is 0.144. The smallest absolute Gasteiger partial charge is 0.337 e. The van der Waals surface area contributed by atoms with E-state index >= 15 is 0 Å². The van der Waals surface area contributed by atoms with Crippen molar-refractivity contribution in [1.29, 1.82) is 0 Å².